The highest BCUT2D eigenvalue weighted by molar-refractivity contribution is 8.18. The lowest BCUT2D eigenvalue weighted by Crippen LogP contribution is -2.33. The second-order valence-electron chi connectivity index (χ2n) is 7.33. The third kappa shape index (κ3) is 8.23. The van der Waals surface area contributed by atoms with Gasteiger partial charge in [0.2, 0.25) is 0 Å². The summed E-state index contributed by atoms with van der Waals surface area (Å²) in [6, 6.07) is 8.14. The molecule has 6 heteroatoms. The summed E-state index contributed by atoms with van der Waals surface area (Å²) in [5.41, 5.74) is 6.63. The Morgan fingerprint density at radius 3 is 2.41 bits per heavy atom. The van der Waals surface area contributed by atoms with Gasteiger partial charge in [0.05, 0.1) is 11.5 Å². The van der Waals surface area contributed by atoms with Crippen molar-refractivity contribution in [2.24, 2.45) is 5.73 Å². The number of imide groups is 1. The van der Waals surface area contributed by atoms with Gasteiger partial charge in [0.25, 0.3) is 11.1 Å². The molecule has 0 spiro atoms. The zero-order valence-electron chi connectivity index (χ0n) is 17.5. The van der Waals surface area contributed by atoms with Gasteiger partial charge >= 0.3 is 0 Å². The van der Waals surface area contributed by atoms with E-state index in [9.17, 15) is 9.59 Å². The van der Waals surface area contributed by atoms with Gasteiger partial charge in [0.15, 0.2) is 0 Å². The molecule has 1 aromatic carbocycles. The minimum Gasteiger partial charge on any atom is -0.494 e. The summed E-state index contributed by atoms with van der Waals surface area (Å²) < 4.78 is 5.82. The Hall–Kier alpha value is -1.79. The van der Waals surface area contributed by atoms with Crippen LogP contribution in [-0.4, -0.2) is 35.7 Å². The van der Waals surface area contributed by atoms with Crippen molar-refractivity contribution in [1.29, 1.82) is 0 Å². The maximum absolute atomic E-state index is 12.1. The van der Waals surface area contributed by atoms with Crippen molar-refractivity contribution in [2.75, 3.05) is 19.7 Å². The number of hydrogen-bond acceptors (Lipinski definition) is 5. The highest BCUT2D eigenvalue weighted by Crippen LogP contribution is 2.30. The number of nitrogens with zero attached hydrogens (tertiary/aromatic N) is 1. The van der Waals surface area contributed by atoms with Crippen LogP contribution in [0, 0.1) is 0 Å². The molecule has 0 bridgehead atoms. The number of amides is 2. The van der Waals surface area contributed by atoms with Gasteiger partial charge in [-0.3, -0.25) is 14.5 Å². The van der Waals surface area contributed by atoms with E-state index < -0.39 is 0 Å². The summed E-state index contributed by atoms with van der Waals surface area (Å²) in [6.45, 7) is 3.58. The fourth-order valence-corrected chi connectivity index (χ4v) is 4.10. The second kappa shape index (κ2) is 13.4. The molecule has 1 aliphatic rings. The van der Waals surface area contributed by atoms with Crippen LogP contribution in [0.5, 0.6) is 5.75 Å². The van der Waals surface area contributed by atoms with E-state index in [0.717, 1.165) is 43.4 Å². The molecule has 1 fully saturated rings. The first-order valence-electron chi connectivity index (χ1n) is 10.8. The number of aryl methyl sites for hydroxylation is 1. The lowest BCUT2D eigenvalue weighted by atomic mass is 10.1. The highest BCUT2D eigenvalue weighted by Gasteiger charge is 2.33. The fourth-order valence-electron chi connectivity index (χ4n) is 3.23. The molecule has 1 saturated heterocycles. The predicted octanol–water partition coefficient (Wildman–Crippen LogP) is 5.29. The maximum atomic E-state index is 12.1. The number of rotatable bonds is 14. The Bertz CT molecular complexity index is 673. The number of thioether (sulfide) groups is 1. The molecule has 2 N–H and O–H groups in total. The SMILES string of the molecule is CCCCCCCCCOc1ccc(CC/C=C2\SC(=O)N(CCN)C2=O)cc1. The van der Waals surface area contributed by atoms with Crippen molar-refractivity contribution in [2.45, 2.75) is 64.7 Å². The molecular formula is C23H34N2O3S. The Morgan fingerprint density at radius 1 is 1.03 bits per heavy atom. The van der Waals surface area contributed by atoms with Gasteiger partial charge in [0.1, 0.15) is 5.75 Å². The van der Waals surface area contributed by atoms with Gasteiger partial charge in [-0.25, -0.2) is 0 Å². The number of unbranched alkanes of at least 4 members (excludes halogenated alkanes) is 6. The summed E-state index contributed by atoms with van der Waals surface area (Å²) in [4.78, 5) is 25.7. The fraction of sp³-hybridized carbons (Fsp3) is 0.565. The number of allylic oxidation sites excluding steroid dienone is 1. The highest BCUT2D eigenvalue weighted by atomic mass is 32.2. The van der Waals surface area contributed by atoms with E-state index in [4.69, 9.17) is 10.5 Å². The molecule has 5 nitrogen and oxygen atoms in total. The summed E-state index contributed by atoms with van der Waals surface area (Å²) in [7, 11) is 0. The Morgan fingerprint density at radius 2 is 1.72 bits per heavy atom. The predicted molar refractivity (Wildman–Crippen MR) is 120 cm³/mol. The van der Waals surface area contributed by atoms with Gasteiger partial charge in [-0.1, -0.05) is 63.7 Å². The topological polar surface area (TPSA) is 72.6 Å². The van der Waals surface area contributed by atoms with Crippen molar-refractivity contribution in [1.82, 2.24) is 4.90 Å². The van der Waals surface area contributed by atoms with Crippen LogP contribution >= 0.6 is 11.8 Å². The summed E-state index contributed by atoms with van der Waals surface area (Å²) >= 11 is 1.00. The molecule has 29 heavy (non-hydrogen) atoms. The van der Waals surface area contributed by atoms with Crippen molar-refractivity contribution in [3.8, 4) is 5.75 Å². The number of carbonyl (C=O) groups is 2. The minimum absolute atomic E-state index is 0.223. The molecule has 0 aromatic heterocycles. The molecule has 0 unspecified atom stereocenters. The Kier molecular flexibility index (Phi) is 10.9. The van der Waals surface area contributed by atoms with Crippen molar-refractivity contribution in [3.05, 3.63) is 40.8 Å². The van der Waals surface area contributed by atoms with E-state index in [1.807, 2.05) is 18.2 Å². The molecule has 160 valence electrons. The molecule has 1 aliphatic heterocycles. The average Bonchev–Trinajstić information content (AvgIpc) is 2.99. The molecule has 0 aliphatic carbocycles. The largest absolute Gasteiger partial charge is 0.494 e. The Labute approximate surface area is 179 Å². The van der Waals surface area contributed by atoms with E-state index in [1.165, 1.54) is 49.0 Å². The Balaban J connectivity index is 1.65. The van der Waals surface area contributed by atoms with E-state index in [-0.39, 0.29) is 17.7 Å². The zero-order chi connectivity index (χ0) is 20.9. The summed E-state index contributed by atoms with van der Waals surface area (Å²) in [6.07, 6.45) is 12.4. The van der Waals surface area contributed by atoms with Gasteiger partial charge in [-0.2, -0.15) is 0 Å². The molecule has 0 saturated carbocycles. The average molecular weight is 419 g/mol. The zero-order valence-corrected chi connectivity index (χ0v) is 18.3. The van der Waals surface area contributed by atoms with E-state index in [2.05, 4.69) is 19.1 Å². The molecule has 2 amide bonds. The monoisotopic (exact) mass is 418 g/mol. The van der Waals surface area contributed by atoms with Gasteiger partial charge < -0.3 is 10.5 Å². The number of hydrogen-bond donors (Lipinski definition) is 1. The van der Waals surface area contributed by atoms with Crippen LogP contribution in [0.15, 0.2) is 35.2 Å². The number of benzene rings is 1. The summed E-state index contributed by atoms with van der Waals surface area (Å²) in [5, 5.41) is -0.228. The van der Waals surface area contributed by atoms with E-state index in [1.54, 1.807) is 0 Å². The van der Waals surface area contributed by atoms with Crippen LogP contribution in [0.3, 0.4) is 0 Å². The van der Waals surface area contributed by atoms with Crippen LogP contribution in [0.1, 0.15) is 63.9 Å². The molecule has 2 rings (SSSR count). The minimum atomic E-state index is -0.228. The van der Waals surface area contributed by atoms with Crippen LogP contribution in [0.2, 0.25) is 0 Å². The third-order valence-corrected chi connectivity index (χ3v) is 5.89. The second-order valence-corrected chi connectivity index (χ2v) is 8.33. The van der Waals surface area contributed by atoms with Crippen LogP contribution < -0.4 is 10.5 Å². The number of ether oxygens (including phenoxy) is 1. The molecular weight excluding hydrogens is 384 g/mol. The van der Waals surface area contributed by atoms with Crippen LogP contribution in [0.4, 0.5) is 4.79 Å². The van der Waals surface area contributed by atoms with Crippen molar-refractivity contribution < 1.29 is 14.3 Å². The lowest BCUT2D eigenvalue weighted by Gasteiger charge is -2.09. The smallest absolute Gasteiger partial charge is 0.293 e. The van der Waals surface area contributed by atoms with Gasteiger partial charge in [0, 0.05) is 13.1 Å². The normalized spacial score (nSPS) is 15.5. The molecule has 1 aromatic rings. The number of carbonyl (C=O) groups excluding carboxylic acids is 2. The quantitative estimate of drug-likeness (QED) is 0.328. The van der Waals surface area contributed by atoms with Crippen molar-refractivity contribution in [3.63, 3.8) is 0 Å². The van der Waals surface area contributed by atoms with Crippen molar-refractivity contribution >= 4 is 22.9 Å². The van der Waals surface area contributed by atoms with Crippen LogP contribution in [0.25, 0.3) is 0 Å². The van der Waals surface area contributed by atoms with Gasteiger partial charge in [-0.15, -0.1) is 0 Å². The van der Waals surface area contributed by atoms with E-state index >= 15 is 0 Å². The first-order valence-corrected chi connectivity index (χ1v) is 11.6. The van der Waals surface area contributed by atoms with E-state index in [0.29, 0.717) is 11.4 Å². The van der Waals surface area contributed by atoms with Crippen LogP contribution in [-0.2, 0) is 11.2 Å². The third-order valence-electron chi connectivity index (χ3n) is 4.93. The summed E-state index contributed by atoms with van der Waals surface area (Å²) in [5.74, 6) is 0.683. The molecule has 0 radical (unpaired) electrons. The first kappa shape index (κ1) is 23.5. The standard InChI is InChI=1S/C23H34N2O3S/c1-2-3-4-5-6-7-8-18-28-20-14-12-19(13-15-20)10-9-11-21-22(26)25(17-16-24)23(27)29-21/h11-15H,2-10,16-18,24H2,1H3/b21-11-. The molecule has 1 heterocycles. The first-order chi connectivity index (χ1) is 14.2. The maximum Gasteiger partial charge on any atom is 0.293 e. The van der Waals surface area contributed by atoms with Gasteiger partial charge in [-0.05, 0) is 48.7 Å². The lowest BCUT2D eigenvalue weighted by molar-refractivity contribution is -0.122. The molecule has 0 atom stereocenters. The number of nitrogens with two attached hydrogens (primary N) is 1.